The van der Waals surface area contributed by atoms with Crippen LogP contribution < -0.4 is 5.32 Å². The number of likely N-dealkylation sites (N-methyl/N-ethyl adjacent to an activating group) is 1. The quantitative estimate of drug-likeness (QED) is 0.806. The molecule has 0 saturated heterocycles. The van der Waals surface area contributed by atoms with Gasteiger partial charge in [0.15, 0.2) is 5.82 Å². The number of hydrogen-bond donors (Lipinski definition) is 2. The van der Waals surface area contributed by atoms with Crippen molar-refractivity contribution in [3.8, 4) is 0 Å². The van der Waals surface area contributed by atoms with Gasteiger partial charge in [0.25, 0.3) is 0 Å². The summed E-state index contributed by atoms with van der Waals surface area (Å²) in [5.41, 5.74) is -1.18. The van der Waals surface area contributed by atoms with E-state index >= 15 is 0 Å². The smallest absolute Gasteiger partial charge is 0.309 e. The van der Waals surface area contributed by atoms with E-state index in [-0.39, 0.29) is 18.8 Å². The number of hydrogen-bond acceptors (Lipinski definition) is 5. The fraction of sp³-hybridized carbons (Fsp3) is 0.538. The molecule has 8 nitrogen and oxygen atoms in total. The molecule has 0 atom stereocenters. The van der Waals surface area contributed by atoms with Crippen molar-refractivity contribution in [1.29, 1.82) is 0 Å². The standard InChI is InChI=1S/C13H19N3O5/c1-8-5-9(15-21-8)14-10(17)7-16(4)11(18)6-13(2,3)12(19)20/h5H,6-7H2,1-4H3,(H,19,20)(H,14,15,17). The zero-order valence-electron chi connectivity index (χ0n) is 12.5. The third kappa shape index (κ3) is 4.90. The van der Waals surface area contributed by atoms with Crippen molar-refractivity contribution in [2.75, 3.05) is 18.9 Å². The SMILES string of the molecule is Cc1cc(NC(=O)CN(C)C(=O)CC(C)(C)C(=O)O)no1. The molecule has 0 bridgehead atoms. The topological polar surface area (TPSA) is 113 Å². The third-order valence-corrected chi connectivity index (χ3v) is 2.87. The number of aromatic nitrogens is 1. The van der Waals surface area contributed by atoms with Gasteiger partial charge >= 0.3 is 5.97 Å². The molecule has 1 aromatic heterocycles. The first kappa shape index (κ1) is 16.7. The lowest BCUT2D eigenvalue weighted by atomic mass is 9.89. The first-order valence-corrected chi connectivity index (χ1v) is 6.32. The van der Waals surface area contributed by atoms with Crippen molar-refractivity contribution in [3.05, 3.63) is 11.8 Å². The number of amides is 2. The molecule has 0 saturated carbocycles. The van der Waals surface area contributed by atoms with Crippen LogP contribution in [-0.4, -0.2) is 46.5 Å². The highest BCUT2D eigenvalue weighted by atomic mass is 16.5. The summed E-state index contributed by atoms with van der Waals surface area (Å²) in [5.74, 6) is -1.10. The Morgan fingerprint density at radius 3 is 2.52 bits per heavy atom. The Balaban J connectivity index is 2.52. The van der Waals surface area contributed by atoms with E-state index in [1.165, 1.54) is 25.8 Å². The number of rotatable bonds is 6. The summed E-state index contributed by atoms with van der Waals surface area (Å²) in [4.78, 5) is 35.8. The number of nitrogens with one attached hydrogen (secondary N) is 1. The normalized spacial score (nSPS) is 11.0. The Hall–Kier alpha value is -2.38. The van der Waals surface area contributed by atoms with Gasteiger partial charge in [0.2, 0.25) is 11.8 Å². The molecule has 8 heteroatoms. The van der Waals surface area contributed by atoms with Gasteiger partial charge in [-0.25, -0.2) is 0 Å². The Labute approximate surface area is 122 Å². The Morgan fingerprint density at radius 1 is 1.43 bits per heavy atom. The number of carboxylic acid groups (broad SMARTS) is 1. The molecule has 0 aromatic carbocycles. The fourth-order valence-electron chi connectivity index (χ4n) is 1.50. The second-order valence-electron chi connectivity index (χ2n) is 5.49. The van der Waals surface area contributed by atoms with E-state index in [2.05, 4.69) is 10.5 Å². The van der Waals surface area contributed by atoms with Crippen LogP contribution in [0.3, 0.4) is 0 Å². The summed E-state index contributed by atoms with van der Waals surface area (Å²) >= 11 is 0. The first-order valence-electron chi connectivity index (χ1n) is 6.32. The Bertz CT molecular complexity index is 550. The molecule has 1 heterocycles. The van der Waals surface area contributed by atoms with Gasteiger partial charge in [-0.05, 0) is 20.8 Å². The molecule has 0 unspecified atom stereocenters. The van der Waals surface area contributed by atoms with E-state index in [0.717, 1.165) is 0 Å². The molecule has 2 amide bonds. The van der Waals surface area contributed by atoms with Crippen LogP contribution in [0.15, 0.2) is 10.6 Å². The van der Waals surface area contributed by atoms with Crippen molar-refractivity contribution in [3.63, 3.8) is 0 Å². The molecule has 0 aliphatic heterocycles. The van der Waals surface area contributed by atoms with Gasteiger partial charge in [-0.15, -0.1) is 0 Å². The number of aliphatic carboxylic acids is 1. The summed E-state index contributed by atoms with van der Waals surface area (Å²) in [6, 6.07) is 1.55. The van der Waals surface area contributed by atoms with Crippen LogP contribution in [0.5, 0.6) is 0 Å². The molecule has 0 fully saturated rings. The Kier molecular flexibility index (Phi) is 5.07. The van der Waals surface area contributed by atoms with E-state index in [1.54, 1.807) is 13.0 Å². The maximum atomic E-state index is 11.9. The van der Waals surface area contributed by atoms with Gasteiger partial charge in [0.05, 0.1) is 12.0 Å². The molecule has 21 heavy (non-hydrogen) atoms. The van der Waals surface area contributed by atoms with Crippen molar-refractivity contribution >= 4 is 23.6 Å². The van der Waals surface area contributed by atoms with Crippen LogP contribution in [0.25, 0.3) is 0 Å². The molecule has 0 spiro atoms. The van der Waals surface area contributed by atoms with Crippen molar-refractivity contribution in [2.45, 2.75) is 27.2 Å². The highest BCUT2D eigenvalue weighted by Crippen LogP contribution is 2.21. The average Bonchev–Trinajstić information content (AvgIpc) is 2.73. The van der Waals surface area contributed by atoms with Crippen LogP contribution >= 0.6 is 0 Å². The minimum absolute atomic E-state index is 0.185. The lowest BCUT2D eigenvalue weighted by Crippen LogP contribution is -2.38. The first-order chi connectivity index (χ1) is 9.61. The number of carbonyl (C=O) groups is 3. The largest absolute Gasteiger partial charge is 0.481 e. The molecule has 0 aliphatic rings. The Morgan fingerprint density at radius 2 is 2.05 bits per heavy atom. The zero-order chi connectivity index (χ0) is 16.2. The van der Waals surface area contributed by atoms with E-state index < -0.39 is 23.2 Å². The summed E-state index contributed by atoms with van der Waals surface area (Å²) in [6.45, 7) is 4.41. The molecular weight excluding hydrogens is 278 g/mol. The minimum Gasteiger partial charge on any atom is -0.481 e. The van der Waals surface area contributed by atoms with Crippen molar-refractivity contribution < 1.29 is 24.0 Å². The molecule has 0 radical (unpaired) electrons. The van der Waals surface area contributed by atoms with Gasteiger partial charge in [0.1, 0.15) is 5.76 Å². The van der Waals surface area contributed by atoms with Gasteiger partial charge in [0, 0.05) is 19.5 Å². The van der Waals surface area contributed by atoms with E-state index in [4.69, 9.17) is 9.63 Å². The van der Waals surface area contributed by atoms with Crippen molar-refractivity contribution in [1.82, 2.24) is 10.1 Å². The maximum absolute atomic E-state index is 11.9. The summed E-state index contributed by atoms with van der Waals surface area (Å²) in [7, 11) is 1.44. The van der Waals surface area contributed by atoms with Crippen molar-refractivity contribution in [2.24, 2.45) is 5.41 Å². The van der Waals surface area contributed by atoms with Gasteiger partial charge in [-0.1, -0.05) is 5.16 Å². The third-order valence-electron chi connectivity index (χ3n) is 2.87. The van der Waals surface area contributed by atoms with Gasteiger partial charge in [-0.3, -0.25) is 14.4 Å². The molecule has 1 rings (SSSR count). The predicted octanol–water partition coefficient (Wildman–Crippen LogP) is 0.881. The maximum Gasteiger partial charge on any atom is 0.309 e. The molecule has 0 aliphatic carbocycles. The zero-order valence-corrected chi connectivity index (χ0v) is 12.5. The number of aryl methyl sites for hydroxylation is 1. The highest BCUT2D eigenvalue weighted by Gasteiger charge is 2.31. The molecular formula is C13H19N3O5. The van der Waals surface area contributed by atoms with Gasteiger partial charge < -0.3 is 19.8 Å². The summed E-state index contributed by atoms with van der Waals surface area (Å²) in [5, 5.41) is 15.1. The predicted molar refractivity (Wildman–Crippen MR) is 73.5 cm³/mol. The minimum atomic E-state index is -1.18. The number of carboxylic acids is 1. The number of carbonyl (C=O) groups excluding carboxylic acids is 2. The second kappa shape index (κ2) is 6.38. The average molecular weight is 297 g/mol. The highest BCUT2D eigenvalue weighted by molar-refractivity contribution is 5.94. The fourth-order valence-corrected chi connectivity index (χ4v) is 1.50. The number of nitrogens with zero attached hydrogens (tertiary/aromatic N) is 2. The van der Waals surface area contributed by atoms with Gasteiger partial charge in [-0.2, -0.15) is 0 Å². The van der Waals surface area contributed by atoms with Crippen LogP contribution in [0.4, 0.5) is 5.82 Å². The summed E-state index contributed by atoms with van der Waals surface area (Å²) in [6.07, 6.45) is -0.185. The molecule has 2 N–H and O–H groups in total. The summed E-state index contributed by atoms with van der Waals surface area (Å²) < 4.78 is 4.80. The van der Waals surface area contributed by atoms with E-state index in [0.29, 0.717) is 5.76 Å². The molecule has 1 aromatic rings. The van der Waals surface area contributed by atoms with E-state index in [9.17, 15) is 14.4 Å². The molecule has 116 valence electrons. The van der Waals surface area contributed by atoms with Crippen LogP contribution in [-0.2, 0) is 14.4 Å². The monoisotopic (exact) mass is 297 g/mol. The van der Waals surface area contributed by atoms with Crippen LogP contribution in [0.2, 0.25) is 0 Å². The number of anilines is 1. The van der Waals surface area contributed by atoms with Crippen LogP contribution in [0.1, 0.15) is 26.0 Å². The van der Waals surface area contributed by atoms with Crippen LogP contribution in [0, 0.1) is 12.3 Å². The lowest BCUT2D eigenvalue weighted by molar-refractivity contribution is -0.151. The van der Waals surface area contributed by atoms with E-state index in [1.807, 2.05) is 0 Å². The second-order valence-corrected chi connectivity index (χ2v) is 5.49. The lowest BCUT2D eigenvalue weighted by Gasteiger charge is -2.22.